The predicted molar refractivity (Wildman–Crippen MR) is 34.4 cm³/mol. The van der Waals surface area contributed by atoms with Crippen molar-refractivity contribution in [3.63, 3.8) is 0 Å². The molecule has 0 bridgehead atoms. The van der Waals surface area contributed by atoms with Crippen molar-refractivity contribution >= 4 is 6.20 Å². The highest BCUT2D eigenvalue weighted by Crippen LogP contribution is 1.75. The van der Waals surface area contributed by atoms with E-state index in [0.717, 1.165) is 0 Å². The van der Waals surface area contributed by atoms with Crippen LogP contribution in [0.25, 0.3) is 6.20 Å². The van der Waals surface area contributed by atoms with Gasteiger partial charge in [0.15, 0.2) is 6.54 Å². The van der Waals surface area contributed by atoms with E-state index in [2.05, 4.69) is 11.7 Å². The first-order valence-corrected chi connectivity index (χ1v) is 2.79. The van der Waals surface area contributed by atoms with Gasteiger partial charge in [-0.25, -0.2) is 4.57 Å². The van der Waals surface area contributed by atoms with Crippen molar-refractivity contribution in [2.75, 3.05) is 0 Å². The summed E-state index contributed by atoms with van der Waals surface area (Å²) in [5.74, 6) is 0. The molecule has 0 aliphatic heterocycles. The first-order valence-electron chi connectivity index (χ1n) is 2.79. The normalized spacial score (nSPS) is 8.70. The molecule has 0 spiro atoms. The van der Waals surface area contributed by atoms with Gasteiger partial charge in [0.2, 0.25) is 6.33 Å². The first-order chi connectivity index (χ1) is 4.86. The summed E-state index contributed by atoms with van der Waals surface area (Å²) in [5, 5.41) is 12.1. The van der Waals surface area contributed by atoms with Crippen molar-refractivity contribution < 1.29 is 4.57 Å². The topological polar surface area (TPSA) is 45.5 Å². The summed E-state index contributed by atoms with van der Waals surface area (Å²) in [6.45, 7) is 3.84. The summed E-state index contributed by atoms with van der Waals surface area (Å²) in [4.78, 5) is 0. The molecular formula is C6H7N4+. The van der Waals surface area contributed by atoms with Crippen LogP contribution in [-0.4, -0.2) is 9.78 Å². The predicted octanol–water partition coefficient (Wildman–Crippen LogP) is -0.205. The zero-order valence-electron chi connectivity index (χ0n) is 5.44. The molecule has 1 heterocycles. The van der Waals surface area contributed by atoms with E-state index >= 15 is 0 Å². The zero-order chi connectivity index (χ0) is 7.40. The van der Waals surface area contributed by atoms with Gasteiger partial charge < -0.3 is 0 Å². The number of aromatic nitrogens is 3. The van der Waals surface area contributed by atoms with Crippen molar-refractivity contribution in [2.45, 2.75) is 6.54 Å². The van der Waals surface area contributed by atoms with E-state index in [0.29, 0.717) is 6.54 Å². The maximum atomic E-state index is 8.27. The van der Waals surface area contributed by atoms with Crippen LogP contribution in [0.5, 0.6) is 0 Å². The summed E-state index contributed by atoms with van der Waals surface area (Å²) in [6, 6.07) is 2.00. The lowest BCUT2D eigenvalue weighted by atomic mass is 10.7. The van der Waals surface area contributed by atoms with Crippen LogP contribution in [0.15, 0.2) is 19.2 Å². The Morgan fingerprint density at radius 3 is 3.20 bits per heavy atom. The van der Waals surface area contributed by atoms with Gasteiger partial charge in [-0.15, -0.1) is 0 Å². The molecule has 0 N–H and O–H groups in total. The summed E-state index contributed by atoms with van der Waals surface area (Å²) in [6.07, 6.45) is 4.83. The fourth-order valence-corrected chi connectivity index (χ4v) is 0.595. The third-order valence-corrected chi connectivity index (χ3v) is 1.04. The Bertz CT molecular complexity index is 268. The second kappa shape index (κ2) is 2.78. The Hall–Kier alpha value is -1.63. The summed E-state index contributed by atoms with van der Waals surface area (Å²) >= 11 is 0. The smallest absolute Gasteiger partial charge is 0.223 e. The fraction of sp³-hybridized carbons (Fsp3) is 0.167. The Morgan fingerprint density at radius 1 is 1.90 bits per heavy atom. The van der Waals surface area contributed by atoms with Gasteiger partial charge in [-0.05, 0) is 0 Å². The van der Waals surface area contributed by atoms with Crippen LogP contribution >= 0.6 is 0 Å². The first kappa shape index (κ1) is 6.49. The standard InChI is InChI=1S/C6H7N4/c1-2-10-6-9(4-3-7)5-8-10/h2,5-6H,1,4H2/q+1. The van der Waals surface area contributed by atoms with Gasteiger partial charge in [0.05, 0.1) is 6.20 Å². The molecule has 0 aromatic carbocycles. The summed E-state index contributed by atoms with van der Waals surface area (Å²) < 4.78 is 3.21. The molecule has 1 rings (SSSR count). The van der Waals surface area contributed by atoms with E-state index in [1.807, 2.05) is 6.07 Å². The van der Waals surface area contributed by atoms with Crippen LogP contribution < -0.4 is 4.57 Å². The molecule has 4 nitrogen and oxygen atoms in total. The van der Waals surface area contributed by atoms with Gasteiger partial charge in [-0.3, -0.25) is 0 Å². The van der Waals surface area contributed by atoms with E-state index in [1.54, 1.807) is 23.4 Å². The van der Waals surface area contributed by atoms with Crippen LogP contribution in [0.2, 0.25) is 0 Å². The average molecular weight is 135 g/mol. The molecule has 0 fully saturated rings. The van der Waals surface area contributed by atoms with Crippen LogP contribution in [0, 0.1) is 11.3 Å². The van der Waals surface area contributed by atoms with Crippen molar-refractivity contribution in [3.8, 4) is 6.07 Å². The fourth-order valence-electron chi connectivity index (χ4n) is 0.595. The van der Waals surface area contributed by atoms with E-state index < -0.39 is 0 Å². The van der Waals surface area contributed by atoms with Gasteiger partial charge in [0, 0.05) is 5.10 Å². The second-order valence-electron chi connectivity index (χ2n) is 1.74. The Kier molecular flexibility index (Phi) is 1.80. The highest BCUT2D eigenvalue weighted by molar-refractivity contribution is 5.09. The quantitative estimate of drug-likeness (QED) is 0.527. The minimum atomic E-state index is 0.327. The maximum absolute atomic E-state index is 8.27. The number of rotatable bonds is 2. The van der Waals surface area contributed by atoms with Gasteiger partial charge in [-0.1, -0.05) is 11.3 Å². The maximum Gasteiger partial charge on any atom is 0.266 e. The molecule has 0 radical (unpaired) electrons. The lowest BCUT2D eigenvalue weighted by Crippen LogP contribution is -2.29. The molecule has 0 saturated carbocycles. The lowest BCUT2D eigenvalue weighted by molar-refractivity contribution is -0.685. The molecule has 1 aromatic rings. The SMILES string of the molecule is C=Cn1c[n+](CC#N)cn1. The van der Waals surface area contributed by atoms with Crippen LogP contribution in [-0.2, 0) is 6.54 Å². The number of hydrogen-bond donors (Lipinski definition) is 0. The third kappa shape index (κ3) is 1.20. The number of nitrogens with zero attached hydrogens (tertiary/aromatic N) is 4. The van der Waals surface area contributed by atoms with E-state index in [-0.39, 0.29) is 0 Å². The second-order valence-corrected chi connectivity index (χ2v) is 1.74. The molecule has 0 amide bonds. The van der Waals surface area contributed by atoms with Gasteiger partial charge in [0.25, 0.3) is 6.33 Å². The molecular weight excluding hydrogens is 128 g/mol. The van der Waals surface area contributed by atoms with Gasteiger partial charge in [0.1, 0.15) is 6.07 Å². The molecule has 1 aromatic heterocycles. The molecule has 0 atom stereocenters. The largest absolute Gasteiger partial charge is 0.266 e. The molecule has 0 saturated heterocycles. The monoisotopic (exact) mass is 135 g/mol. The van der Waals surface area contributed by atoms with Crippen molar-refractivity contribution in [1.29, 1.82) is 5.26 Å². The summed E-state index contributed by atoms with van der Waals surface area (Å²) in [5.41, 5.74) is 0. The number of nitriles is 1. The molecule has 10 heavy (non-hydrogen) atoms. The van der Waals surface area contributed by atoms with Crippen molar-refractivity contribution in [3.05, 3.63) is 19.2 Å². The highest BCUT2D eigenvalue weighted by atomic mass is 15.3. The highest BCUT2D eigenvalue weighted by Gasteiger charge is 1.98. The van der Waals surface area contributed by atoms with E-state index in [9.17, 15) is 0 Å². The minimum Gasteiger partial charge on any atom is -0.223 e. The number of hydrogen-bond acceptors (Lipinski definition) is 2. The van der Waals surface area contributed by atoms with E-state index in [1.165, 1.54) is 4.68 Å². The molecule has 0 unspecified atom stereocenters. The van der Waals surface area contributed by atoms with E-state index in [4.69, 9.17) is 5.26 Å². The molecule has 0 aliphatic carbocycles. The van der Waals surface area contributed by atoms with Gasteiger partial charge in [-0.2, -0.15) is 5.26 Å². The molecule has 0 aliphatic rings. The van der Waals surface area contributed by atoms with Crippen LogP contribution in [0.3, 0.4) is 0 Å². The molecule has 4 heteroatoms. The van der Waals surface area contributed by atoms with Crippen molar-refractivity contribution in [1.82, 2.24) is 9.78 Å². The Labute approximate surface area is 58.6 Å². The van der Waals surface area contributed by atoms with Gasteiger partial charge >= 0.3 is 0 Å². The third-order valence-electron chi connectivity index (χ3n) is 1.04. The Balaban J connectivity index is 2.80. The minimum absolute atomic E-state index is 0.327. The van der Waals surface area contributed by atoms with Crippen LogP contribution in [0.1, 0.15) is 0 Å². The lowest BCUT2D eigenvalue weighted by Gasteiger charge is -1.78. The van der Waals surface area contributed by atoms with Crippen molar-refractivity contribution in [2.24, 2.45) is 0 Å². The van der Waals surface area contributed by atoms with Crippen LogP contribution in [0.4, 0.5) is 0 Å². The molecule has 50 valence electrons. The average Bonchev–Trinajstić information content (AvgIpc) is 2.37. The Morgan fingerprint density at radius 2 is 2.70 bits per heavy atom. The zero-order valence-corrected chi connectivity index (χ0v) is 5.44. The summed E-state index contributed by atoms with van der Waals surface area (Å²) in [7, 11) is 0.